The number of aromatic nitrogens is 3. The summed E-state index contributed by atoms with van der Waals surface area (Å²) in [5.74, 6) is 0.734. The van der Waals surface area contributed by atoms with E-state index in [1.165, 1.54) is 12.3 Å². The molecule has 0 aliphatic heterocycles. The Bertz CT molecular complexity index is 985. The maximum Gasteiger partial charge on any atom is 0.322 e. The van der Waals surface area contributed by atoms with Crippen molar-refractivity contribution in [1.29, 1.82) is 0 Å². The van der Waals surface area contributed by atoms with E-state index in [0.717, 1.165) is 0 Å². The van der Waals surface area contributed by atoms with E-state index >= 15 is 0 Å². The Balaban J connectivity index is 1.49. The molecule has 0 fully saturated rings. The van der Waals surface area contributed by atoms with Crippen LogP contribution >= 0.6 is 15.9 Å². The van der Waals surface area contributed by atoms with Gasteiger partial charge >= 0.3 is 6.01 Å². The molecule has 4 aromatic heterocycles. The quantitative estimate of drug-likeness (QED) is 0.560. The lowest BCUT2D eigenvalue weighted by molar-refractivity contribution is 0.101. The summed E-state index contributed by atoms with van der Waals surface area (Å²) in [4.78, 5) is 12.1. The fourth-order valence-corrected chi connectivity index (χ4v) is 2.19. The Morgan fingerprint density at radius 1 is 1.08 bits per heavy atom. The monoisotopic (exact) mass is 390 g/mol. The fraction of sp³-hybridized carbons (Fsp3) is 0. The second-order valence-corrected chi connectivity index (χ2v) is 5.31. The van der Waals surface area contributed by atoms with Crippen molar-refractivity contribution in [3.05, 3.63) is 47.0 Å². The van der Waals surface area contributed by atoms with Crippen LogP contribution in [0.2, 0.25) is 0 Å². The van der Waals surface area contributed by atoms with E-state index in [4.69, 9.17) is 17.8 Å². The summed E-state index contributed by atoms with van der Waals surface area (Å²) in [6.45, 7) is 0. The molecular weight excluding hydrogens is 384 g/mol. The molecular formula is C14H7BrN4O5. The molecule has 0 aliphatic rings. The highest BCUT2D eigenvalue weighted by Crippen LogP contribution is 2.25. The molecule has 9 nitrogen and oxygen atoms in total. The Hall–Kier alpha value is -3.14. The van der Waals surface area contributed by atoms with Crippen LogP contribution in [-0.2, 0) is 0 Å². The third-order valence-electron chi connectivity index (χ3n) is 2.94. The molecule has 1 amide bonds. The first-order valence-electron chi connectivity index (χ1n) is 6.60. The molecule has 4 rings (SSSR count). The summed E-state index contributed by atoms with van der Waals surface area (Å²) in [7, 11) is 0. The number of rotatable bonds is 4. The number of carbonyl (C=O) groups excluding carboxylic acids is 1. The minimum absolute atomic E-state index is 0.0434. The Morgan fingerprint density at radius 3 is 2.75 bits per heavy atom. The van der Waals surface area contributed by atoms with Crippen LogP contribution < -0.4 is 5.32 Å². The minimum Gasteiger partial charge on any atom is -0.461 e. The molecule has 0 atom stereocenters. The molecule has 0 saturated carbocycles. The molecule has 4 aromatic rings. The second kappa shape index (κ2) is 5.81. The van der Waals surface area contributed by atoms with Crippen LogP contribution in [0.5, 0.6) is 0 Å². The molecule has 0 radical (unpaired) electrons. The van der Waals surface area contributed by atoms with Gasteiger partial charge in [0.05, 0.1) is 6.26 Å². The van der Waals surface area contributed by atoms with Crippen LogP contribution in [0, 0.1) is 0 Å². The summed E-state index contributed by atoms with van der Waals surface area (Å²) in [5.41, 5.74) is 0.0434. The van der Waals surface area contributed by atoms with Crippen molar-refractivity contribution in [2.75, 3.05) is 5.32 Å². The van der Waals surface area contributed by atoms with E-state index in [9.17, 15) is 4.79 Å². The smallest absolute Gasteiger partial charge is 0.322 e. The van der Waals surface area contributed by atoms with E-state index in [-0.39, 0.29) is 17.6 Å². The normalized spacial score (nSPS) is 10.9. The van der Waals surface area contributed by atoms with Gasteiger partial charge < -0.3 is 17.8 Å². The summed E-state index contributed by atoms with van der Waals surface area (Å²) in [6.07, 6.45) is 1.49. The zero-order valence-corrected chi connectivity index (χ0v) is 13.3. The van der Waals surface area contributed by atoms with Gasteiger partial charge in [-0.25, -0.2) is 0 Å². The summed E-state index contributed by atoms with van der Waals surface area (Å²) >= 11 is 3.17. The predicted molar refractivity (Wildman–Crippen MR) is 81.9 cm³/mol. The standard InChI is InChI=1S/C14H7BrN4O5/c15-11-4-3-9(22-11)13-17-18-14(23-13)16-12(20)7-6-10(24-19-7)8-2-1-5-21-8/h1-6H,(H,16,18,20). The summed E-state index contributed by atoms with van der Waals surface area (Å²) < 4.78 is 21.3. The maximum absolute atomic E-state index is 12.1. The van der Waals surface area contributed by atoms with Crippen LogP contribution in [0.1, 0.15) is 10.5 Å². The number of nitrogens with zero attached hydrogens (tertiary/aromatic N) is 3. The highest BCUT2D eigenvalue weighted by atomic mass is 79.9. The second-order valence-electron chi connectivity index (χ2n) is 4.52. The average molecular weight is 391 g/mol. The number of nitrogens with one attached hydrogen (secondary N) is 1. The molecule has 10 heteroatoms. The van der Waals surface area contributed by atoms with Gasteiger partial charge in [0.25, 0.3) is 11.8 Å². The van der Waals surface area contributed by atoms with Crippen molar-refractivity contribution < 1.29 is 22.6 Å². The molecule has 0 unspecified atom stereocenters. The van der Waals surface area contributed by atoms with Crippen molar-refractivity contribution in [1.82, 2.24) is 15.4 Å². The zero-order valence-electron chi connectivity index (χ0n) is 11.7. The molecule has 0 aromatic carbocycles. The van der Waals surface area contributed by atoms with Crippen LogP contribution in [-0.4, -0.2) is 21.3 Å². The lowest BCUT2D eigenvalue weighted by atomic mass is 10.3. The van der Waals surface area contributed by atoms with Gasteiger partial charge in [0.15, 0.2) is 21.9 Å². The van der Waals surface area contributed by atoms with Crippen molar-refractivity contribution in [2.45, 2.75) is 0 Å². The van der Waals surface area contributed by atoms with E-state index in [1.807, 2.05) is 0 Å². The Morgan fingerprint density at radius 2 is 2.00 bits per heavy atom. The minimum atomic E-state index is -0.563. The van der Waals surface area contributed by atoms with Crippen molar-refractivity contribution in [3.8, 4) is 23.2 Å². The number of hydrogen-bond acceptors (Lipinski definition) is 8. The van der Waals surface area contributed by atoms with Gasteiger partial charge in [-0.1, -0.05) is 10.3 Å². The summed E-state index contributed by atoms with van der Waals surface area (Å²) in [6, 6.07) is 8.07. The third-order valence-corrected chi connectivity index (χ3v) is 3.36. The molecule has 24 heavy (non-hydrogen) atoms. The number of carbonyl (C=O) groups is 1. The number of halogens is 1. The largest absolute Gasteiger partial charge is 0.461 e. The van der Waals surface area contributed by atoms with Crippen LogP contribution in [0.3, 0.4) is 0 Å². The van der Waals surface area contributed by atoms with Crippen LogP contribution in [0.25, 0.3) is 23.2 Å². The maximum atomic E-state index is 12.1. The van der Waals surface area contributed by atoms with Gasteiger partial charge in [0.2, 0.25) is 5.76 Å². The van der Waals surface area contributed by atoms with E-state index in [2.05, 4.69) is 36.6 Å². The van der Waals surface area contributed by atoms with Crippen LogP contribution in [0.4, 0.5) is 6.01 Å². The van der Waals surface area contributed by atoms with Gasteiger partial charge in [-0.3, -0.25) is 10.1 Å². The van der Waals surface area contributed by atoms with E-state index in [0.29, 0.717) is 22.0 Å². The summed E-state index contributed by atoms with van der Waals surface area (Å²) in [5, 5.41) is 13.6. The molecule has 4 heterocycles. The number of furan rings is 2. The molecule has 1 N–H and O–H groups in total. The van der Waals surface area contributed by atoms with Crippen LogP contribution in [0.15, 0.2) is 59.0 Å². The van der Waals surface area contributed by atoms with Crippen molar-refractivity contribution in [2.24, 2.45) is 0 Å². The van der Waals surface area contributed by atoms with Gasteiger partial charge in [0.1, 0.15) is 0 Å². The predicted octanol–water partition coefficient (Wildman–Crippen LogP) is 3.59. The first-order valence-corrected chi connectivity index (χ1v) is 7.39. The first-order chi connectivity index (χ1) is 11.7. The third kappa shape index (κ3) is 2.74. The number of anilines is 1. The lowest BCUT2D eigenvalue weighted by Crippen LogP contribution is -2.12. The Kier molecular flexibility index (Phi) is 3.50. The van der Waals surface area contributed by atoms with Crippen molar-refractivity contribution in [3.63, 3.8) is 0 Å². The molecule has 0 bridgehead atoms. The molecule has 0 aliphatic carbocycles. The molecule has 0 spiro atoms. The lowest BCUT2D eigenvalue weighted by Gasteiger charge is -1.94. The number of amides is 1. The fourth-order valence-electron chi connectivity index (χ4n) is 1.88. The first kappa shape index (κ1) is 14.5. The Labute approximate surface area is 141 Å². The topological polar surface area (TPSA) is 120 Å². The zero-order chi connectivity index (χ0) is 16.5. The average Bonchev–Trinajstić information content (AvgIpc) is 3.34. The van der Waals surface area contributed by atoms with Gasteiger partial charge in [0, 0.05) is 6.07 Å². The van der Waals surface area contributed by atoms with Gasteiger partial charge in [-0.2, -0.15) is 0 Å². The van der Waals surface area contributed by atoms with E-state index < -0.39 is 5.91 Å². The van der Waals surface area contributed by atoms with Crippen molar-refractivity contribution >= 4 is 27.9 Å². The number of hydrogen-bond donors (Lipinski definition) is 1. The molecule has 120 valence electrons. The SMILES string of the molecule is O=C(Nc1nnc(-c2ccc(Br)o2)o1)c1cc(-c2ccco2)on1. The highest BCUT2D eigenvalue weighted by molar-refractivity contribution is 9.10. The highest BCUT2D eigenvalue weighted by Gasteiger charge is 2.19. The molecule has 0 saturated heterocycles. The van der Waals surface area contributed by atoms with Gasteiger partial charge in [-0.15, -0.1) is 5.10 Å². The van der Waals surface area contributed by atoms with E-state index in [1.54, 1.807) is 24.3 Å². The van der Waals surface area contributed by atoms with Gasteiger partial charge in [-0.05, 0) is 40.2 Å².